The summed E-state index contributed by atoms with van der Waals surface area (Å²) in [6, 6.07) is 18.3. The van der Waals surface area contributed by atoms with Gasteiger partial charge in [0.2, 0.25) is 0 Å². The van der Waals surface area contributed by atoms with Crippen molar-refractivity contribution in [1.29, 1.82) is 0 Å². The predicted octanol–water partition coefficient (Wildman–Crippen LogP) is 4.84. The van der Waals surface area contributed by atoms with Crippen molar-refractivity contribution in [2.24, 2.45) is 0 Å². The van der Waals surface area contributed by atoms with Gasteiger partial charge in [0.1, 0.15) is 18.4 Å². The predicted molar refractivity (Wildman–Crippen MR) is 129 cm³/mol. The van der Waals surface area contributed by atoms with Crippen molar-refractivity contribution in [3.05, 3.63) is 86.5 Å². The van der Waals surface area contributed by atoms with Crippen LogP contribution in [0.25, 0.3) is 11.1 Å². The van der Waals surface area contributed by atoms with Crippen molar-refractivity contribution in [2.75, 3.05) is 6.61 Å². The third kappa shape index (κ3) is 4.43. The molecule has 0 aliphatic heterocycles. The second kappa shape index (κ2) is 9.20. The molecule has 7 heteroatoms. The average molecular weight is 543 g/mol. The lowest BCUT2D eigenvalue weighted by molar-refractivity contribution is -0.139. The molecule has 32 heavy (non-hydrogen) atoms. The van der Waals surface area contributed by atoms with E-state index in [9.17, 15) is 19.8 Å². The summed E-state index contributed by atoms with van der Waals surface area (Å²) in [6.45, 7) is 1.96. The first kappa shape index (κ1) is 22.1. The Labute approximate surface area is 199 Å². The summed E-state index contributed by atoms with van der Waals surface area (Å²) in [7, 11) is 0. The van der Waals surface area contributed by atoms with Gasteiger partial charge in [0.15, 0.2) is 0 Å². The summed E-state index contributed by atoms with van der Waals surface area (Å²) < 4.78 is 6.09. The Morgan fingerprint density at radius 2 is 1.66 bits per heavy atom. The third-order valence-electron chi connectivity index (χ3n) is 5.64. The van der Waals surface area contributed by atoms with Crippen LogP contribution in [-0.2, 0) is 16.0 Å². The van der Waals surface area contributed by atoms with Crippen LogP contribution in [0.15, 0.2) is 60.7 Å². The molecule has 0 aromatic heterocycles. The molecule has 1 aliphatic rings. The number of amides is 1. The van der Waals surface area contributed by atoms with Gasteiger partial charge < -0.3 is 20.3 Å². The van der Waals surface area contributed by atoms with Crippen LogP contribution in [0.2, 0.25) is 0 Å². The van der Waals surface area contributed by atoms with Crippen LogP contribution in [0, 0.1) is 10.5 Å². The third-order valence-corrected chi connectivity index (χ3v) is 6.47. The van der Waals surface area contributed by atoms with Crippen molar-refractivity contribution in [2.45, 2.75) is 25.3 Å². The van der Waals surface area contributed by atoms with Crippen molar-refractivity contribution in [3.8, 4) is 16.9 Å². The van der Waals surface area contributed by atoms with Gasteiger partial charge in [0, 0.05) is 12.3 Å². The molecule has 0 bridgehead atoms. The number of halogens is 1. The molecule has 4 rings (SSSR count). The number of phenols is 1. The minimum Gasteiger partial charge on any atom is -0.507 e. The molecule has 1 aliphatic carbocycles. The molecule has 6 nitrogen and oxygen atoms in total. The lowest BCUT2D eigenvalue weighted by Gasteiger charge is -2.18. The Balaban J connectivity index is 1.46. The average Bonchev–Trinajstić information content (AvgIpc) is 3.09. The summed E-state index contributed by atoms with van der Waals surface area (Å²) in [6.07, 6.45) is -0.857. The Kier molecular flexibility index (Phi) is 6.36. The number of aliphatic carboxylic acids is 1. The molecular formula is C25H22INO5. The number of ether oxygens (including phenoxy) is 1. The molecule has 164 valence electrons. The van der Waals surface area contributed by atoms with Gasteiger partial charge in [-0.15, -0.1) is 0 Å². The van der Waals surface area contributed by atoms with Crippen LogP contribution in [0.4, 0.5) is 4.79 Å². The lowest BCUT2D eigenvalue weighted by Crippen LogP contribution is -2.43. The minimum atomic E-state index is -1.23. The first-order chi connectivity index (χ1) is 15.3. The van der Waals surface area contributed by atoms with Gasteiger partial charge in [-0.2, -0.15) is 0 Å². The van der Waals surface area contributed by atoms with Crippen molar-refractivity contribution in [1.82, 2.24) is 5.32 Å². The fraction of sp³-hybridized carbons (Fsp3) is 0.200. The van der Waals surface area contributed by atoms with E-state index < -0.39 is 18.1 Å². The number of carbonyl (C=O) groups is 2. The quantitative estimate of drug-likeness (QED) is 0.387. The molecule has 0 radical (unpaired) electrons. The van der Waals surface area contributed by atoms with Gasteiger partial charge in [-0.25, -0.2) is 9.59 Å². The van der Waals surface area contributed by atoms with Gasteiger partial charge in [0.05, 0.1) is 3.57 Å². The van der Waals surface area contributed by atoms with Crippen molar-refractivity contribution >= 4 is 34.7 Å². The zero-order chi connectivity index (χ0) is 22.8. The van der Waals surface area contributed by atoms with Crippen LogP contribution in [0.5, 0.6) is 5.75 Å². The monoisotopic (exact) mass is 543 g/mol. The second-order valence-corrected chi connectivity index (χ2v) is 8.98. The molecule has 3 N–H and O–H groups in total. The number of carbonyl (C=O) groups excluding carboxylic acids is 1. The van der Waals surface area contributed by atoms with Gasteiger partial charge in [-0.05, 0) is 69.0 Å². The Hall–Kier alpha value is -3.07. The first-order valence-corrected chi connectivity index (χ1v) is 11.3. The molecule has 0 heterocycles. The van der Waals surface area contributed by atoms with Crippen molar-refractivity contribution < 1.29 is 24.5 Å². The molecule has 0 fully saturated rings. The summed E-state index contributed by atoms with van der Waals surface area (Å²) in [5, 5.41) is 22.3. The van der Waals surface area contributed by atoms with Crippen LogP contribution < -0.4 is 5.32 Å². The minimum absolute atomic E-state index is 0.0248. The molecule has 0 spiro atoms. The van der Waals surface area contributed by atoms with E-state index in [1.807, 2.05) is 78.0 Å². The van der Waals surface area contributed by atoms with E-state index in [0.29, 0.717) is 9.13 Å². The fourth-order valence-electron chi connectivity index (χ4n) is 4.16. The van der Waals surface area contributed by atoms with E-state index in [0.717, 1.165) is 27.8 Å². The van der Waals surface area contributed by atoms with Gasteiger partial charge >= 0.3 is 12.1 Å². The summed E-state index contributed by atoms with van der Waals surface area (Å²) in [4.78, 5) is 24.2. The molecule has 1 amide bonds. The zero-order valence-electron chi connectivity index (χ0n) is 17.3. The SMILES string of the molecule is Cc1cc(I)c(O)c(CC(NC(=O)OCC2c3ccccc3-c3ccccc32)C(=O)O)c1. The standard InChI is InChI=1S/C25H22INO5/c1-14-10-15(23(28)21(26)11-14)12-22(24(29)30)27-25(31)32-13-20-18-8-4-2-6-16(18)17-7-3-5-9-19(17)20/h2-11,20,22,28H,12-13H2,1H3,(H,27,31)(H,29,30). The Morgan fingerprint density at radius 1 is 1.06 bits per heavy atom. The maximum Gasteiger partial charge on any atom is 0.407 e. The number of rotatable bonds is 6. The molecular weight excluding hydrogens is 521 g/mol. The molecule has 0 saturated heterocycles. The number of alkyl carbamates (subject to hydrolysis) is 1. The molecule has 1 unspecified atom stereocenters. The smallest absolute Gasteiger partial charge is 0.407 e. The lowest BCUT2D eigenvalue weighted by atomic mass is 9.98. The Morgan fingerprint density at radius 3 is 2.25 bits per heavy atom. The normalized spacial score (nSPS) is 13.2. The Bertz CT molecular complexity index is 1150. The number of hydrogen-bond acceptors (Lipinski definition) is 4. The number of nitrogens with one attached hydrogen (secondary N) is 1. The first-order valence-electron chi connectivity index (χ1n) is 10.2. The maximum absolute atomic E-state index is 12.5. The fourth-order valence-corrected chi connectivity index (χ4v) is 5.00. The van der Waals surface area contributed by atoms with E-state index in [1.54, 1.807) is 12.1 Å². The maximum atomic E-state index is 12.5. The van der Waals surface area contributed by atoms with E-state index in [1.165, 1.54) is 0 Å². The second-order valence-electron chi connectivity index (χ2n) is 7.82. The summed E-state index contributed by atoms with van der Waals surface area (Å²) >= 11 is 1.99. The number of aryl methyl sites for hydroxylation is 1. The number of fused-ring (bicyclic) bond motifs is 3. The molecule has 3 aromatic rings. The topological polar surface area (TPSA) is 95.9 Å². The number of hydrogen-bond donors (Lipinski definition) is 3. The summed E-state index contributed by atoms with van der Waals surface area (Å²) in [5.41, 5.74) is 5.74. The number of benzene rings is 3. The van der Waals surface area contributed by atoms with Crippen LogP contribution in [0.3, 0.4) is 0 Å². The van der Waals surface area contributed by atoms with Gasteiger partial charge in [-0.1, -0.05) is 54.6 Å². The van der Waals surface area contributed by atoms with Crippen LogP contribution in [0.1, 0.15) is 28.2 Å². The van der Waals surface area contributed by atoms with E-state index in [2.05, 4.69) is 5.32 Å². The number of phenolic OH excluding ortho intramolecular Hbond substituents is 1. The highest BCUT2D eigenvalue weighted by Gasteiger charge is 2.30. The van der Waals surface area contributed by atoms with E-state index in [4.69, 9.17) is 4.74 Å². The number of carboxylic acids is 1. The molecule has 1 atom stereocenters. The van der Waals surface area contributed by atoms with E-state index in [-0.39, 0.29) is 24.7 Å². The zero-order valence-corrected chi connectivity index (χ0v) is 19.5. The van der Waals surface area contributed by atoms with Crippen LogP contribution in [-0.4, -0.2) is 34.9 Å². The largest absolute Gasteiger partial charge is 0.507 e. The summed E-state index contributed by atoms with van der Waals surface area (Å²) in [5.74, 6) is -1.29. The highest BCUT2D eigenvalue weighted by molar-refractivity contribution is 14.1. The van der Waals surface area contributed by atoms with Crippen molar-refractivity contribution in [3.63, 3.8) is 0 Å². The number of aromatic hydroxyl groups is 1. The van der Waals surface area contributed by atoms with Crippen LogP contribution >= 0.6 is 22.6 Å². The molecule has 0 saturated carbocycles. The van der Waals surface area contributed by atoms with Gasteiger partial charge in [0.25, 0.3) is 0 Å². The highest BCUT2D eigenvalue weighted by Crippen LogP contribution is 2.44. The highest BCUT2D eigenvalue weighted by atomic mass is 127. The van der Waals surface area contributed by atoms with E-state index >= 15 is 0 Å². The number of carboxylic acid groups (broad SMARTS) is 1. The van der Waals surface area contributed by atoms with Gasteiger partial charge in [-0.3, -0.25) is 0 Å². The molecule has 3 aromatic carbocycles.